The number of hydrogen-bond acceptors (Lipinski definition) is 0. The summed E-state index contributed by atoms with van der Waals surface area (Å²) in [6.45, 7) is 4.45. The van der Waals surface area contributed by atoms with E-state index >= 15 is 4.39 Å². The van der Waals surface area contributed by atoms with Crippen molar-refractivity contribution in [3.05, 3.63) is 82.7 Å². The van der Waals surface area contributed by atoms with Crippen LogP contribution in [0.1, 0.15) is 99.8 Å². The minimum absolute atomic E-state index is 0.213. The van der Waals surface area contributed by atoms with E-state index in [1.165, 1.54) is 62.5 Å². The highest BCUT2D eigenvalue weighted by atomic mass is 19.1. The largest absolute Gasteiger partial charge is 0.205 e. The predicted molar refractivity (Wildman–Crippen MR) is 139 cm³/mol. The average molecular weight is 441 g/mol. The Bertz CT molecular complexity index is 1100. The van der Waals surface area contributed by atoms with E-state index in [1.807, 2.05) is 24.3 Å². The molecule has 0 aliphatic heterocycles. The van der Waals surface area contributed by atoms with Crippen molar-refractivity contribution in [1.82, 2.24) is 0 Å². The molecule has 4 rings (SSSR count). The normalized spacial score (nSPS) is 18.2. The maximum absolute atomic E-state index is 15.0. The average Bonchev–Trinajstić information content (AvgIpc) is 2.85. The van der Waals surface area contributed by atoms with Crippen molar-refractivity contribution in [1.29, 1.82) is 0 Å². The predicted octanol–water partition coefficient (Wildman–Crippen LogP) is 9.19. The van der Waals surface area contributed by atoms with Crippen molar-refractivity contribution in [3.8, 4) is 11.8 Å². The molecule has 0 saturated heterocycles. The summed E-state index contributed by atoms with van der Waals surface area (Å²) in [7, 11) is 0. The van der Waals surface area contributed by atoms with Gasteiger partial charge in [-0.2, -0.15) is 0 Å². The van der Waals surface area contributed by atoms with E-state index in [9.17, 15) is 0 Å². The Kier molecular flexibility index (Phi) is 8.22. The highest BCUT2D eigenvalue weighted by Crippen LogP contribution is 2.37. The lowest BCUT2D eigenvalue weighted by Gasteiger charge is -2.29. The molecule has 0 heterocycles. The van der Waals surface area contributed by atoms with Crippen LogP contribution in [-0.4, -0.2) is 0 Å². The standard InChI is InChI=1S/C32H37F/c1-3-5-6-8-24-9-15-27(16-10-24)28-17-11-25(12-18-28)13-19-29-20-21-30-23-26(7-4-2)14-22-31(30)32(29)33/h11-12,14,17-18,20-24,27H,3-10,15-16H2,1-2H3. The second-order valence-electron chi connectivity index (χ2n) is 9.82. The number of fused-ring (bicyclic) bond motifs is 1. The molecule has 0 N–H and O–H groups in total. The first kappa shape index (κ1) is 23.6. The molecule has 0 spiro atoms. The van der Waals surface area contributed by atoms with E-state index in [-0.39, 0.29) is 5.82 Å². The molecule has 0 unspecified atom stereocenters. The van der Waals surface area contributed by atoms with Gasteiger partial charge in [-0.05, 0) is 78.7 Å². The Labute approximate surface area is 199 Å². The molecule has 1 aliphatic rings. The minimum Gasteiger partial charge on any atom is -0.205 e. The maximum Gasteiger partial charge on any atom is 0.146 e. The van der Waals surface area contributed by atoms with Gasteiger partial charge in [0.2, 0.25) is 0 Å². The van der Waals surface area contributed by atoms with E-state index in [2.05, 4.69) is 56.0 Å². The molecular weight excluding hydrogens is 403 g/mol. The minimum atomic E-state index is -0.213. The monoisotopic (exact) mass is 440 g/mol. The van der Waals surface area contributed by atoms with Crippen LogP contribution in [0.5, 0.6) is 0 Å². The Morgan fingerprint density at radius 1 is 0.818 bits per heavy atom. The highest BCUT2D eigenvalue weighted by molar-refractivity contribution is 5.85. The molecule has 0 aromatic heterocycles. The molecule has 3 aromatic carbocycles. The number of hydrogen-bond donors (Lipinski definition) is 0. The van der Waals surface area contributed by atoms with E-state index in [0.717, 1.165) is 29.7 Å². The molecule has 172 valence electrons. The number of rotatable bonds is 7. The quantitative estimate of drug-likeness (QED) is 0.254. The van der Waals surface area contributed by atoms with E-state index < -0.39 is 0 Å². The molecule has 0 amide bonds. The maximum atomic E-state index is 15.0. The Hall–Kier alpha value is -2.59. The third kappa shape index (κ3) is 6.05. The van der Waals surface area contributed by atoms with Gasteiger partial charge in [0.05, 0.1) is 5.56 Å². The summed E-state index contributed by atoms with van der Waals surface area (Å²) in [6, 6.07) is 18.5. The van der Waals surface area contributed by atoms with Crippen LogP contribution >= 0.6 is 0 Å². The molecule has 1 fully saturated rings. The molecule has 1 heteroatoms. The number of unbranched alkanes of at least 4 members (excludes halogenated alkanes) is 2. The van der Waals surface area contributed by atoms with Crippen LogP contribution in [0.15, 0.2) is 54.6 Å². The van der Waals surface area contributed by atoms with Crippen molar-refractivity contribution < 1.29 is 4.39 Å². The summed E-state index contributed by atoms with van der Waals surface area (Å²) < 4.78 is 15.0. The van der Waals surface area contributed by atoms with Crippen LogP contribution in [0, 0.1) is 23.6 Å². The van der Waals surface area contributed by atoms with E-state index in [0.29, 0.717) is 16.9 Å². The molecule has 0 nitrogen and oxygen atoms in total. The second kappa shape index (κ2) is 11.5. The van der Waals surface area contributed by atoms with Crippen molar-refractivity contribution >= 4 is 10.8 Å². The smallest absolute Gasteiger partial charge is 0.146 e. The van der Waals surface area contributed by atoms with Crippen LogP contribution in [0.3, 0.4) is 0 Å². The zero-order valence-electron chi connectivity index (χ0n) is 20.3. The third-order valence-corrected chi connectivity index (χ3v) is 7.34. The van der Waals surface area contributed by atoms with Gasteiger partial charge in [0.25, 0.3) is 0 Å². The Morgan fingerprint density at radius 2 is 1.61 bits per heavy atom. The zero-order valence-corrected chi connectivity index (χ0v) is 20.3. The first-order chi connectivity index (χ1) is 16.2. The van der Waals surface area contributed by atoms with Gasteiger partial charge in [0.1, 0.15) is 5.82 Å². The molecule has 0 atom stereocenters. The van der Waals surface area contributed by atoms with Crippen LogP contribution < -0.4 is 0 Å². The van der Waals surface area contributed by atoms with Crippen LogP contribution in [-0.2, 0) is 6.42 Å². The van der Waals surface area contributed by atoms with Gasteiger partial charge < -0.3 is 0 Å². The van der Waals surface area contributed by atoms with Crippen molar-refractivity contribution in [2.45, 2.75) is 84.0 Å². The molecule has 1 aliphatic carbocycles. The van der Waals surface area contributed by atoms with E-state index in [4.69, 9.17) is 0 Å². The molecule has 0 radical (unpaired) electrons. The number of halogens is 1. The van der Waals surface area contributed by atoms with Gasteiger partial charge in [-0.3, -0.25) is 0 Å². The van der Waals surface area contributed by atoms with Crippen molar-refractivity contribution in [3.63, 3.8) is 0 Å². The van der Waals surface area contributed by atoms with Gasteiger partial charge in [0, 0.05) is 10.9 Å². The molecular formula is C32H37F. The topological polar surface area (TPSA) is 0 Å². The summed E-state index contributed by atoms with van der Waals surface area (Å²) in [5.74, 6) is 7.65. The van der Waals surface area contributed by atoms with Gasteiger partial charge in [-0.25, -0.2) is 4.39 Å². The van der Waals surface area contributed by atoms with Crippen LogP contribution in [0.25, 0.3) is 10.8 Å². The van der Waals surface area contributed by atoms with Gasteiger partial charge in [0.15, 0.2) is 0 Å². The summed E-state index contributed by atoms with van der Waals surface area (Å²) >= 11 is 0. The van der Waals surface area contributed by atoms with Crippen molar-refractivity contribution in [2.75, 3.05) is 0 Å². The van der Waals surface area contributed by atoms with Crippen LogP contribution in [0.4, 0.5) is 4.39 Å². The summed E-state index contributed by atoms with van der Waals surface area (Å²) in [5, 5.41) is 1.61. The van der Waals surface area contributed by atoms with Crippen LogP contribution in [0.2, 0.25) is 0 Å². The van der Waals surface area contributed by atoms with Gasteiger partial charge in [-0.15, -0.1) is 0 Å². The lowest BCUT2D eigenvalue weighted by molar-refractivity contribution is 0.303. The molecule has 0 bridgehead atoms. The first-order valence-electron chi connectivity index (χ1n) is 13.0. The lowest BCUT2D eigenvalue weighted by atomic mass is 9.77. The Morgan fingerprint density at radius 3 is 2.33 bits per heavy atom. The summed E-state index contributed by atoms with van der Waals surface area (Å²) in [6.07, 6.45) is 13.0. The SMILES string of the molecule is CCCCCC1CCC(c2ccc(C#Cc3ccc4cc(CCC)ccc4c3F)cc2)CC1. The molecule has 33 heavy (non-hydrogen) atoms. The zero-order chi connectivity index (χ0) is 23.0. The Balaban J connectivity index is 1.40. The van der Waals surface area contributed by atoms with E-state index in [1.54, 1.807) is 0 Å². The summed E-state index contributed by atoms with van der Waals surface area (Å²) in [4.78, 5) is 0. The number of benzene rings is 3. The van der Waals surface area contributed by atoms with Gasteiger partial charge in [-0.1, -0.05) is 94.2 Å². The molecule has 1 saturated carbocycles. The fourth-order valence-corrected chi connectivity index (χ4v) is 5.33. The lowest BCUT2D eigenvalue weighted by Crippen LogP contribution is -2.13. The third-order valence-electron chi connectivity index (χ3n) is 7.34. The second-order valence-corrected chi connectivity index (χ2v) is 9.82. The fourth-order valence-electron chi connectivity index (χ4n) is 5.33. The number of aryl methyl sites for hydroxylation is 1. The summed E-state index contributed by atoms with van der Waals surface area (Å²) in [5.41, 5.74) is 4.11. The first-order valence-corrected chi connectivity index (χ1v) is 13.0. The van der Waals surface area contributed by atoms with Crippen molar-refractivity contribution in [2.24, 2.45) is 5.92 Å². The molecule has 3 aromatic rings. The fraction of sp³-hybridized carbons (Fsp3) is 0.438. The highest BCUT2D eigenvalue weighted by Gasteiger charge is 2.21. The van der Waals surface area contributed by atoms with Gasteiger partial charge >= 0.3 is 0 Å².